The van der Waals surface area contributed by atoms with E-state index in [1.54, 1.807) is 0 Å². The van der Waals surface area contributed by atoms with Crippen molar-refractivity contribution in [3.8, 4) is 11.5 Å². The second-order valence-corrected chi connectivity index (χ2v) is 7.69. The predicted octanol–water partition coefficient (Wildman–Crippen LogP) is 6.12. The SMILES string of the molecule is CCOc1cc(/C=C2/C(=O)N(c3ccccc3)N=C2C)ccc1OCc1cccc(Cl)c1. The van der Waals surface area contributed by atoms with Crippen molar-refractivity contribution in [2.24, 2.45) is 5.10 Å². The van der Waals surface area contributed by atoms with E-state index in [1.807, 2.05) is 92.7 Å². The lowest BCUT2D eigenvalue weighted by molar-refractivity contribution is -0.114. The molecule has 0 atom stereocenters. The van der Waals surface area contributed by atoms with Gasteiger partial charge in [0, 0.05) is 5.02 Å². The zero-order valence-electron chi connectivity index (χ0n) is 17.9. The Balaban J connectivity index is 1.56. The Labute approximate surface area is 192 Å². The lowest BCUT2D eigenvalue weighted by atomic mass is 10.1. The number of ether oxygens (including phenoxy) is 2. The summed E-state index contributed by atoms with van der Waals surface area (Å²) in [4.78, 5) is 13.0. The van der Waals surface area contributed by atoms with Gasteiger partial charge in [0.1, 0.15) is 6.61 Å². The topological polar surface area (TPSA) is 51.1 Å². The van der Waals surface area contributed by atoms with E-state index in [0.717, 1.165) is 16.8 Å². The molecule has 1 amide bonds. The molecule has 4 rings (SSSR count). The molecule has 6 heteroatoms. The zero-order chi connectivity index (χ0) is 22.5. The van der Waals surface area contributed by atoms with Crippen LogP contribution < -0.4 is 14.5 Å². The van der Waals surface area contributed by atoms with Crippen molar-refractivity contribution < 1.29 is 14.3 Å². The number of nitrogens with zero attached hydrogens (tertiary/aromatic N) is 2. The highest BCUT2D eigenvalue weighted by Gasteiger charge is 2.28. The summed E-state index contributed by atoms with van der Waals surface area (Å²) >= 11 is 6.05. The predicted molar refractivity (Wildman–Crippen MR) is 128 cm³/mol. The van der Waals surface area contributed by atoms with Crippen molar-refractivity contribution >= 4 is 35.0 Å². The molecule has 1 aliphatic rings. The van der Waals surface area contributed by atoms with E-state index >= 15 is 0 Å². The first kappa shape index (κ1) is 21.7. The number of hydrogen-bond acceptors (Lipinski definition) is 4. The number of carbonyl (C=O) groups is 1. The molecule has 0 saturated heterocycles. The number of halogens is 1. The average Bonchev–Trinajstić information content (AvgIpc) is 3.08. The van der Waals surface area contributed by atoms with Crippen LogP contribution in [0.25, 0.3) is 6.08 Å². The first-order valence-corrected chi connectivity index (χ1v) is 10.7. The summed E-state index contributed by atoms with van der Waals surface area (Å²) in [5, 5.41) is 6.52. The van der Waals surface area contributed by atoms with Crippen LogP contribution in [-0.4, -0.2) is 18.2 Å². The van der Waals surface area contributed by atoms with Gasteiger partial charge in [-0.15, -0.1) is 0 Å². The Morgan fingerprint density at radius 1 is 0.969 bits per heavy atom. The molecule has 0 unspecified atom stereocenters. The van der Waals surface area contributed by atoms with Gasteiger partial charge in [0.2, 0.25) is 0 Å². The molecule has 0 N–H and O–H groups in total. The normalized spacial score (nSPS) is 14.6. The van der Waals surface area contributed by atoms with Gasteiger partial charge in [-0.05, 0) is 67.4 Å². The number of benzene rings is 3. The fraction of sp³-hybridized carbons (Fsp3) is 0.154. The van der Waals surface area contributed by atoms with E-state index < -0.39 is 0 Å². The summed E-state index contributed by atoms with van der Waals surface area (Å²) in [6.45, 7) is 4.62. The third-order valence-corrected chi connectivity index (χ3v) is 5.16. The van der Waals surface area contributed by atoms with Gasteiger partial charge in [-0.2, -0.15) is 10.1 Å². The molecule has 32 heavy (non-hydrogen) atoms. The van der Waals surface area contributed by atoms with E-state index in [2.05, 4.69) is 5.10 Å². The monoisotopic (exact) mass is 446 g/mol. The number of carbonyl (C=O) groups excluding carboxylic acids is 1. The molecule has 162 valence electrons. The smallest absolute Gasteiger partial charge is 0.280 e. The molecule has 0 bridgehead atoms. The molecule has 3 aromatic rings. The van der Waals surface area contributed by atoms with Crippen LogP contribution >= 0.6 is 11.6 Å². The van der Waals surface area contributed by atoms with Gasteiger partial charge in [0.25, 0.3) is 5.91 Å². The summed E-state index contributed by atoms with van der Waals surface area (Å²) in [7, 11) is 0. The Bertz CT molecular complexity index is 1190. The van der Waals surface area contributed by atoms with Crippen molar-refractivity contribution in [2.75, 3.05) is 11.6 Å². The minimum Gasteiger partial charge on any atom is -0.490 e. The van der Waals surface area contributed by atoms with E-state index in [1.165, 1.54) is 5.01 Å². The van der Waals surface area contributed by atoms with Crippen molar-refractivity contribution in [1.82, 2.24) is 0 Å². The van der Waals surface area contributed by atoms with E-state index in [0.29, 0.717) is 41.0 Å². The van der Waals surface area contributed by atoms with Crippen LogP contribution in [0.5, 0.6) is 11.5 Å². The lowest BCUT2D eigenvalue weighted by Gasteiger charge is -2.13. The maximum absolute atomic E-state index is 13.0. The summed E-state index contributed by atoms with van der Waals surface area (Å²) in [5.74, 6) is 1.08. The molecule has 5 nitrogen and oxygen atoms in total. The Morgan fingerprint density at radius 2 is 1.78 bits per heavy atom. The molecule has 0 aliphatic carbocycles. The van der Waals surface area contributed by atoms with E-state index in [4.69, 9.17) is 21.1 Å². The van der Waals surface area contributed by atoms with Crippen LogP contribution in [0.3, 0.4) is 0 Å². The number of hydrazone groups is 1. The highest BCUT2D eigenvalue weighted by molar-refractivity contribution is 6.32. The summed E-state index contributed by atoms with van der Waals surface area (Å²) in [6.07, 6.45) is 1.83. The standard InChI is InChI=1S/C26H23ClN2O3/c1-3-31-25-16-19(12-13-24(25)32-17-20-8-7-9-21(27)14-20)15-23-18(2)28-29(26(23)30)22-10-5-4-6-11-22/h4-16H,3,17H2,1-2H3/b23-15+. The van der Waals surface area contributed by atoms with Gasteiger partial charge < -0.3 is 9.47 Å². The minimum atomic E-state index is -0.159. The summed E-state index contributed by atoms with van der Waals surface area (Å²) < 4.78 is 11.8. The van der Waals surface area contributed by atoms with Crippen LogP contribution in [0.15, 0.2) is 83.5 Å². The highest BCUT2D eigenvalue weighted by atomic mass is 35.5. The second-order valence-electron chi connectivity index (χ2n) is 7.25. The summed E-state index contributed by atoms with van der Waals surface area (Å²) in [5.41, 5.74) is 3.74. The third kappa shape index (κ3) is 4.84. The molecule has 0 radical (unpaired) electrons. The van der Waals surface area contributed by atoms with Crippen LogP contribution in [-0.2, 0) is 11.4 Å². The van der Waals surface area contributed by atoms with Crippen molar-refractivity contribution in [3.05, 3.63) is 94.5 Å². The summed E-state index contributed by atoms with van der Waals surface area (Å²) in [6, 6.07) is 22.5. The van der Waals surface area contributed by atoms with E-state index in [9.17, 15) is 4.79 Å². The third-order valence-electron chi connectivity index (χ3n) is 4.93. The van der Waals surface area contributed by atoms with E-state index in [-0.39, 0.29) is 5.91 Å². The number of rotatable bonds is 7. The van der Waals surface area contributed by atoms with Crippen LogP contribution in [0.1, 0.15) is 25.0 Å². The lowest BCUT2D eigenvalue weighted by Crippen LogP contribution is -2.21. The molecule has 0 spiro atoms. The second kappa shape index (κ2) is 9.71. The maximum Gasteiger partial charge on any atom is 0.280 e. The highest BCUT2D eigenvalue weighted by Crippen LogP contribution is 2.31. The van der Waals surface area contributed by atoms with Gasteiger partial charge in [-0.25, -0.2) is 0 Å². The van der Waals surface area contributed by atoms with Crippen LogP contribution in [0.2, 0.25) is 5.02 Å². The Kier molecular flexibility index (Phi) is 6.57. The quantitative estimate of drug-likeness (QED) is 0.410. The molecule has 0 fully saturated rings. The number of hydrogen-bond donors (Lipinski definition) is 0. The van der Waals surface area contributed by atoms with Crippen LogP contribution in [0, 0.1) is 0 Å². The molecule has 0 aromatic heterocycles. The fourth-order valence-corrected chi connectivity index (χ4v) is 3.60. The number of anilines is 1. The Hall–Kier alpha value is -3.57. The minimum absolute atomic E-state index is 0.159. The molecular formula is C26H23ClN2O3. The fourth-order valence-electron chi connectivity index (χ4n) is 3.38. The molecule has 1 aliphatic heterocycles. The number of para-hydroxylation sites is 1. The van der Waals surface area contributed by atoms with Crippen molar-refractivity contribution in [3.63, 3.8) is 0 Å². The first-order valence-electron chi connectivity index (χ1n) is 10.4. The molecule has 1 heterocycles. The Morgan fingerprint density at radius 3 is 2.53 bits per heavy atom. The molecule has 3 aromatic carbocycles. The first-order chi connectivity index (χ1) is 15.5. The van der Waals surface area contributed by atoms with Gasteiger partial charge in [0.05, 0.1) is 23.6 Å². The largest absolute Gasteiger partial charge is 0.490 e. The van der Waals surface area contributed by atoms with Crippen LogP contribution in [0.4, 0.5) is 5.69 Å². The molecule has 0 saturated carbocycles. The van der Waals surface area contributed by atoms with Crippen molar-refractivity contribution in [1.29, 1.82) is 0 Å². The van der Waals surface area contributed by atoms with Crippen molar-refractivity contribution in [2.45, 2.75) is 20.5 Å². The molecular weight excluding hydrogens is 424 g/mol. The zero-order valence-corrected chi connectivity index (χ0v) is 18.7. The van der Waals surface area contributed by atoms with Gasteiger partial charge in [-0.3, -0.25) is 4.79 Å². The maximum atomic E-state index is 13.0. The van der Waals surface area contributed by atoms with Gasteiger partial charge in [-0.1, -0.05) is 48.0 Å². The average molecular weight is 447 g/mol. The van der Waals surface area contributed by atoms with Gasteiger partial charge in [0.15, 0.2) is 11.5 Å². The van der Waals surface area contributed by atoms with Gasteiger partial charge >= 0.3 is 0 Å². The number of amides is 1.